The summed E-state index contributed by atoms with van der Waals surface area (Å²) in [6.45, 7) is 3.23. The highest BCUT2D eigenvalue weighted by Crippen LogP contribution is 2.31. The Morgan fingerprint density at radius 3 is 2.50 bits per heavy atom. The molecule has 0 heterocycles. The van der Waals surface area contributed by atoms with Crippen molar-refractivity contribution in [1.82, 2.24) is 0 Å². The largest absolute Gasteiger partial charge is 0.397 e. The van der Waals surface area contributed by atoms with Crippen molar-refractivity contribution in [1.29, 1.82) is 0 Å². The monoisotopic (exact) mass is 250 g/mol. The summed E-state index contributed by atoms with van der Waals surface area (Å²) in [6, 6.07) is 4.55. The van der Waals surface area contributed by atoms with Gasteiger partial charge in [0.15, 0.2) is 0 Å². The quantitative estimate of drug-likeness (QED) is 0.792. The molecule has 18 heavy (non-hydrogen) atoms. The van der Waals surface area contributed by atoms with Crippen molar-refractivity contribution in [3.8, 4) is 0 Å². The Balaban J connectivity index is 1.81. The first kappa shape index (κ1) is 13.2. The summed E-state index contributed by atoms with van der Waals surface area (Å²) < 4.78 is 12.9. The van der Waals surface area contributed by atoms with Gasteiger partial charge >= 0.3 is 0 Å². The summed E-state index contributed by atoms with van der Waals surface area (Å²) in [5.41, 5.74) is 7.13. The number of nitrogens with one attached hydrogen (secondary N) is 1. The van der Waals surface area contributed by atoms with E-state index in [0.29, 0.717) is 5.69 Å². The Labute approximate surface area is 109 Å². The van der Waals surface area contributed by atoms with Crippen LogP contribution in [-0.2, 0) is 0 Å². The number of hydrogen-bond donors (Lipinski definition) is 2. The van der Waals surface area contributed by atoms with Gasteiger partial charge in [-0.2, -0.15) is 0 Å². The molecule has 3 N–H and O–H groups in total. The normalized spacial score (nSPS) is 23.9. The second-order valence-corrected chi connectivity index (χ2v) is 5.41. The van der Waals surface area contributed by atoms with Crippen molar-refractivity contribution in [2.24, 2.45) is 11.8 Å². The smallest absolute Gasteiger partial charge is 0.125 e. The van der Waals surface area contributed by atoms with Gasteiger partial charge in [-0.15, -0.1) is 0 Å². The lowest BCUT2D eigenvalue weighted by atomic mass is 9.81. The van der Waals surface area contributed by atoms with Crippen molar-refractivity contribution in [3.63, 3.8) is 0 Å². The summed E-state index contributed by atoms with van der Waals surface area (Å²) in [7, 11) is 0. The number of rotatable bonds is 4. The first-order valence-electron chi connectivity index (χ1n) is 6.98. The predicted octanol–water partition coefficient (Wildman–Crippen LogP) is 4.04. The topological polar surface area (TPSA) is 38.0 Å². The molecule has 1 aromatic carbocycles. The summed E-state index contributed by atoms with van der Waals surface area (Å²) in [5.74, 6) is 1.39. The van der Waals surface area contributed by atoms with Gasteiger partial charge in [0.1, 0.15) is 5.82 Å². The van der Waals surface area contributed by atoms with Crippen molar-refractivity contribution in [2.75, 3.05) is 17.6 Å². The van der Waals surface area contributed by atoms with Gasteiger partial charge in [0, 0.05) is 6.54 Å². The third kappa shape index (κ3) is 3.37. The Hall–Kier alpha value is -1.25. The minimum absolute atomic E-state index is 0.276. The van der Waals surface area contributed by atoms with E-state index in [1.165, 1.54) is 44.2 Å². The zero-order chi connectivity index (χ0) is 13.0. The molecule has 0 spiro atoms. The fourth-order valence-corrected chi connectivity index (χ4v) is 2.79. The fourth-order valence-electron chi connectivity index (χ4n) is 2.79. The molecule has 1 aliphatic rings. The zero-order valence-electron chi connectivity index (χ0n) is 11.1. The standard InChI is InChI=1S/C15H23FN2/c1-2-11-3-5-12(6-4-11)10-18-15-8-7-13(16)9-14(15)17/h7-9,11-12,18H,2-6,10,17H2,1H3. The van der Waals surface area contributed by atoms with Crippen molar-refractivity contribution in [2.45, 2.75) is 39.0 Å². The van der Waals surface area contributed by atoms with Crippen molar-refractivity contribution >= 4 is 11.4 Å². The maximum atomic E-state index is 12.9. The van der Waals surface area contributed by atoms with Gasteiger partial charge in [-0.3, -0.25) is 0 Å². The van der Waals surface area contributed by atoms with Crippen LogP contribution < -0.4 is 11.1 Å². The molecule has 0 atom stereocenters. The van der Waals surface area contributed by atoms with Gasteiger partial charge in [-0.05, 0) is 42.9 Å². The van der Waals surface area contributed by atoms with Crippen LogP contribution in [0.3, 0.4) is 0 Å². The van der Waals surface area contributed by atoms with Crippen molar-refractivity contribution < 1.29 is 4.39 Å². The Morgan fingerprint density at radius 1 is 1.22 bits per heavy atom. The minimum Gasteiger partial charge on any atom is -0.397 e. The van der Waals surface area contributed by atoms with Crippen LogP contribution in [0.5, 0.6) is 0 Å². The van der Waals surface area contributed by atoms with Crippen LogP contribution in [0.2, 0.25) is 0 Å². The van der Waals surface area contributed by atoms with Gasteiger partial charge in [0.25, 0.3) is 0 Å². The molecule has 2 rings (SSSR count). The van der Waals surface area contributed by atoms with Gasteiger partial charge in [-0.1, -0.05) is 26.2 Å². The summed E-state index contributed by atoms with van der Waals surface area (Å²) in [4.78, 5) is 0. The molecule has 0 bridgehead atoms. The molecule has 0 aromatic heterocycles. The van der Waals surface area contributed by atoms with Crippen LogP contribution >= 0.6 is 0 Å². The molecule has 1 aliphatic carbocycles. The van der Waals surface area contributed by atoms with E-state index in [-0.39, 0.29) is 5.82 Å². The molecule has 0 radical (unpaired) electrons. The molecule has 0 amide bonds. The summed E-state index contributed by atoms with van der Waals surface area (Å²) in [6.07, 6.45) is 6.60. The molecule has 0 saturated heterocycles. The summed E-state index contributed by atoms with van der Waals surface area (Å²) >= 11 is 0. The number of nitrogens with two attached hydrogens (primary N) is 1. The van der Waals surface area contributed by atoms with Crippen LogP contribution in [0.25, 0.3) is 0 Å². The van der Waals surface area contributed by atoms with Gasteiger partial charge in [-0.25, -0.2) is 4.39 Å². The van der Waals surface area contributed by atoms with E-state index in [2.05, 4.69) is 12.2 Å². The SMILES string of the molecule is CCC1CCC(CNc2ccc(F)cc2N)CC1. The Morgan fingerprint density at radius 2 is 1.89 bits per heavy atom. The number of hydrogen-bond acceptors (Lipinski definition) is 2. The van der Waals surface area contributed by atoms with E-state index in [1.54, 1.807) is 6.07 Å². The highest BCUT2D eigenvalue weighted by Gasteiger charge is 2.19. The lowest BCUT2D eigenvalue weighted by molar-refractivity contribution is 0.278. The maximum Gasteiger partial charge on any atom is 0.125 e. The molecule has 1 saturated carbocycles. The highest BCUT2D eigenvalue weighted by atomic mass is 19.1. The summed E-state index contributed by atoms with van der Waals surface area (Å²) in [5, 5.41) is 3.35. The third-order valence-corrected chi connectivity index (χ3v) is 4.14. The van der Waals surface area contributed by atoms with E-state index in [1.807, 2.05) is 0 Å². The number of halogens is 1. The molecule has 1 fully saturated rings. The van der Waals surface area contributed by atoms with Gasteiger partial charge in [0.05, 0.1) is 11.4 Å². The van der Waals surface area contributed by atoms with Crippen molar-refractivity contribution in [3.05, 3.63) is 24.0 Å². The first-order chi connectivity index (χ1) is 8.69. The first-order valence-corrected chi connectivity index (χ1v) is 6.98. The van der Waals surface area contributed by atoms with E-state index in [0.717, 1.165) is 24.1 Å². The van der Waals surface area contributed by atoms with Crippen LogP contribution in [0, 0.1) is 17.7 Å². The minimum atomic E-state index is -0.276. The molecule has 100 valence electrons. The number of nitrogen functional groups attached to an aromatic ring is 1. The van der Waals surface area contributed by atoms with E-state index in [9.17, 15) is 4.39 Å². The molecular formula is C15H23FN2. The van der Waals surface area contributed by atoms with E-state index in [4.69, 9.17) is 5.73 Å². The molecular weight excluding hydrogens is 227 g/mol. The van der Waals surface area contributed by atoms with E-state index >= 15 is 0 Å². The lowest BCUT2D eigenvalue weighted by Gasteiger charge is -2.28. The number of anilines is 2. The molecule has 2 nitrogen and oxygen atoms in total. The van der Waals surface area contributed by atoms with Crippen LogP contribution in [0.4, 0.5) is 15.8 Å². The van der Waals surface area contributed by atoms with Crippen LogP contribution in [0.15, 0.2) is 18.2 Å². The number of benzene rings is 1. The van der Waals surface area contributed by atoms with E-state index < -0.39 is 0 Å². The second-order valence-electron chi connectivity index (χ2n) is 5.41. The third-order valence-electron chi connectivity index (χ3n) is 4.14. The van der Waals surface area contributed by atoms with Crippen LogP contribution in [0.1, 0.15) is 39.0 Å². The zero-order valence-corrected chi connectivity index (χ0v) is 11.1. The Kier molecular flexibility index (Phi) is 4.45. The highest BCUT2D eigenvalue weighted by molar-refractivity contribution is 5.65. The predicted molar refractivity (Wildman–Crippen MR) is 75.0 cm³/mol. The molecule has 0 unspecified atom stereocenters. The lowest BCUT2D eigenvalue weighted by Crippen LogP contribution is -2.21. The van der Waals surface area contributed by atoms with Gasteiger partial charge in [0.2, 0.25) is 0 Å². The van der Waals surface area contributed by atoms with Gasteiger partial charge < -0.3 is 11.1 Å². The second kappa shape index (κ2) is 6.07. The van der Waals surface area contributed by atoms with Crippen LogP contribution in [-0.4, -0.2) is 6.54 Å². The Bertz CT molecular complexity index is 384. The average Bonchev–Trinajstić information content (AvgIpc) is 2.38. The molecule has 0 aliphatic heterocycles. The average molecular weight is 250 g/mol. The fraction of sp³-hybridized carbons (Fsp3) is 0.600. The maximum absolute atomic E-state index is 12.9. The molecule has 3 heteroatoms. The molecule has 1 aromatic rings.